The van der Waals surface area contributed by atoms with Crippen molar-refractivity contribution in [1.82, 2.24) is 15.5 Å². The van der Waals surface area contributed by atoms with Gasteiger partial charge in [-0.2, -0.15) is 0 Å². The minimum absolute atomic E-state index is 0.0267. The Morgan fingerprint density at radius 3 is 2.41 bits per heavy atom. The van der Waals surface area contributed by atoms with Gasteiger partial charge in [-0.1, -0.05) is 12.2 Å². The van der Waals surface area contributed by atoms with Crippen LogP contribution in [0.2, 0.25) is 0 Å². The predicted octanol–water partition coefficient (Wildman–Crippen LogP) is 0.121. The summed E-state index contributed by atoms with van der Waals surface area (Å²) in [6, 6.07) is 0.530. The first-order chi connectivity index (χ1) is 10.7. The van der Waals surface area contributed by atoms with Crippen LogP contribution < -0.4 is 10.6 Å². The van der Waals surface area contributed by atoms with Gasteiger partial charge < -0.3 is 10.6 Å². The monoisotopic (exact) mass is 302 g/mol. The summed E-state index contributed by atoms with van der Waals surface area (Å²) < 4.78 is 0. The van der Waals surface area contributed by atoms with Gasteiger partial charge in [0.2, 0.25) is 11.8 Å². The first-order valence-corrected chi connectivity index (χ1v) is 8.20. The smallest absolute Gasteiger partial charge is 0.233 e. The lowest BCUT2D eigenvalue weighted by Gasteiger charge is -2.18. The van der Waals surface area contributed by atoms with E-state index >= 15 is 0 Å². The van der Waals surface area contributed by atoms with E-state index < -0.39 is 0 Å². The van der Waals surface area contributed by atoms with Crippen LogP contribution in [0, 0.1) is 23.7 Å². The number of guanidine groups is 1. The van der Waals surface area contributed by atoms with Gasteiger partial charge in [0.1, 0.15) is 0 Å². The van der Waals surface area contributed by atoms with Gasteiger partial charge in [0.25, 0.3) is 0 Å². The van der Waals surface area contributed by atoms with E-state index in [9.17, 15) is 9.59 Å². The molecule has 6 nitrogen and oxygen atoms in total. The number of hydrogen-bond donors (Lipinski definition) is 2. The van der Waals surface area contributed by atoms with E-state index in [1.807, 2.05) is 0 Å². The molecule has 118 valence electrons. The van der Waals surface area contributed by atoms with Gasteiger partial charge >= 0.3 is 0 Å². The van der Waals surface area contributed by atoms with Crippen molar-refractivity contribution in [2.75, 3.05) is 20.1 Å². The zero-order valence-corrected chi connectivity index (χ0v) is 12.8. The molecule has 3 aliphatic carbocycles. The quantitative estimate of drug-likeness (QED) is 0.335. The van der Waals surface area contributed by atoms with E-state index in [1.54, 1.807) is 7.05 Å². The highest BCUT2D eigenvalue weighted by molar-refractivity contribution is 6.06. The van der Waals surface area contributed by atoms with Crippen LogP contribution in [-0.2, 0) is 9.59 Å². The molecule has 3 fully saturated rings. The van der Waals surface area contributed by atoms with Crippen molar-refractivity contribution >= 4 is 17.8 Å². The Kier molecular flexibility index (Phi) is 3.20. The van der Waals surface area contributed by atoms with Gasteiger partial charge in [-0.15, -0.1) is 0 Å². The molecule has 0 spiro atoms. The number of aliphatic imine (C=N–C) groups is 1. The summed E-state index contributed by atoms with van der Waals surface area (Å²) in [7, 11) is 1.73. The van der Waals surface area contributed by atoms with Crippen LogP contribution in [0.15, 0.2) is 17.1 Å². The molecule has 4 aliphatic rings. The third-order valence-electron chi connectivity index (χ3n) is 5.33. The molecular weight excluding hydrogens is 280 g/mol. The number of carbonyl (C=O) groups is 2. The fraction of sp³-hybridized carbons (Fsp3) is 0.688. The number of likely N-dealkylation sites (tertiary alicyclic amines) is 1. The van der Waals surface area contributed by atoms with Gasteiger partial charge in [-0.25, -0.2) is 0 Å². The highest BCUT2D eigenvalue weighted by atomic mass is 16.2. The first kappa shape index (κ1) is 13.8. The molecule has 22 heavy (non-hydrogen) atoms. The van der Waals surface area contributed by atoms with Gasteiger partial charge in [0.15, 0.2) is 5.96 Å². The van der Waals surface area contributed by atoms with E-state index in [0.717, 1.165) is 12.4 Å². The molecule has 4 rings (SSSR count). The summed E-state index contributed by atoms with van der Waals surface area (Å²) in [5.41, 5.74) is 0. The summed E-state index contributed by atoms with van der Waals surface area (Å²) in [4.78, 5) is 30.7. The van der Waals surface area contributed by atoms with Gasteiger partial charge in [-0.05, 0) is 31.1 Å². The molecule has 2 N–H and O–H groups in total. The second-order valence-corrected chi connectivity index (χ2v) is 6.75. The molecule has 2 bridgehead atoms. The van der Waals surface area contributed by atoms with E-state index in [4.69, 9.17) is 0 Å². The number of nitrogens with one attached hydrogen (secondary N) is 2. The van der Waals surface area contributed by atoms with Crippen LogP contribution in [0.1, 0.15) is 19.3 Å². The molecule has 1 saturated heterocycles. The van der Waals surface area contributed by atoms with Crippen LogP contribution in [0.4, 0.5) is 0 Å². The van der Waals surface area contributed by atoms with Gasteiger partial charge in [0.05, 0.1) is 11.8 Å². The molecule has 4 unspecified atom stereocenters. The number of allylic oxidation sites excluding steroid dienone is 2. The van der Waals surface area contributed by atoms with Crippen LogP contribution in [0.25, 0.3) is 0 Å². The predicted molar refractivity (Wildman–Crippen MR) is 82.0 cm³/mol. The summed E-state index contributed by atoms with van der Waals surface area (Å²) in [5.74, 6) is 1.20. The number of fused-ring (bicyclic) bond motifs is 5. The third-order valence-corrected chi connectivity index (χ3v) is 5.33. The fourth-order valence-electron chi connectivity index (χ4n) is 4.09. The number of rotatable bonds is 4. The Balaban J connectivity index is 1.34. The Bertz CT molecular complexity index is 536. The van der Waals surface area contributed by atoms with Gasteiger partial charge in [-0.3, -0.25) is 19.5 Å². The Hall–Kier alpha value is -1.85. The SMILES string of the molecule is CN=C(NCCN1C(=O)C2C3C=CC(C3)C2C1=O)NC1CC1. The maximum Gasteiger partial charge on any atom is 0.233 e. The van der Waals surface area contributed by atoms with E-state index in [-0.39, 0.29) is 35.5 Å². The van der Waals surface area contributed by atoms with Crippen LogP contribution in [0.5, 0.6) is 0 Å². The van der Waals surface area contributed by atoms with Crippen molar-refractivity contribution in [2.24, 2.45) is 28.7 Å². The Labute approximate surface area is 130 Å². The average Bonchev–Trinajstić information content (AvgIpc) is 3.00. The highest BCUT2D eigenvalue weighted by Crippen LogP contribution is 2.52. The number of nitrogens with zero attached hydrogens (tertiary/aromatic N) is 2. The summed E-state index contributed by atoms with van der Waals surface area (Å²) in [6.45, 7) is 0.974. The van der Waals surface area contributed by atoms with Crippen LogP contribution in [-0.4, -0.2) is 48.9 Å². The molecule has 2 amide bonds. The minimum Gasteiger partial charge on any atom is -0.355 e. The average molecular weight is 302 g/mol. The Morgan fingerprint density at radius 2 is 1.86 bits per heavy atom. The first-order valence-electron chi connectivity index (χ1n) is 8.20. The molecule has 0 aromatic carbocycles. The van der Waals surface area contributed by atoms with E-state index in [0.29, 0.717) is 19.1 Å². The highest BCUT2D eigenvalue weighted by Gasteiger charge is 2.58. The normalized spacial score (nSPS) is 36.2. The summed E-state index contributed by atoms with van der Waals surface area (Å²) >= 11 is 0. The number of hydrogen-bond acceptors (Lipinski definition) is 3. The molecule has 6 heteroatoms. The van der Waals surface area contributed by atoms with Crippen molar-refractivity contribution in [1.29, 1.82) is 0 Å². The van der Waals surface area contributed by atoms with Crippen LogP contribution >= 0.6 is 0 Å². The van der Waals surface area contributed by atoms with E-state index in [2.05, 4.69) is 27.8 Å². The number of amides is 2. The standard InChI is InChI=1S/C16H22N4O2/c1-17-16(19-11-4-5-11)18-6-7-20-14(21)12-9-2-3-10(8-9)13(12)15(20)22/h2-3,9-13H,4-8H2,1H3,(H2,17,18,19). The van der Waals surface area contributed by atoms with Crippen molar-refractivity contribution in [3.8, 4) is 0 Å². The maximum atomic E-state index is 12.5. The second kappa shape index (κ2) is 5.11. The molecule has 1 heterocycles. The van der Waals surface area contributed by atoms with Crippen molar-refractivity contribution in [3.63, 3.8) is 0 Å². The molecule has 2 saturated carbocycles. The largest absolute Gasteiger partial charge is 0.355 e. The zero-order valence-electron chi connectivity index (χ0n) is 12.8. The molecule has 4 atom stereocenters. The lowest BCUT2D eigenvalue weighted by molar-refractivity contribution is -0.140. The molecular formula is C16H22N4O2. The topological polar surface area (TPSA) is 73.8 Å². The molecule has 0 radical (unpaired) electrons. The number of carbonyl (C=O) groups excluding carboxylic acids is 2. The van der Waals surface area contributed by atoms with Crippen molar-refractivity contribution < 1.29 is 9.59 Å². The molecule has 0 aromatic heterocycles. The van der Waals surface area contributed by atoms with Crippen molar-refractivity contribution in [2.45, 2.75) is 25.3 Å². The molecule has 0 aromatic rings. The maximum absolute atomic E-state index is 12.5. The van der Waals surface area contributed by atoms with Crippen molar-refractivity contribution in [3.05, 3.63) is 12.2 Å². The van der Waals surface area contributed by atoms with E-state index in [1.165, 1.54) is 17.7 Å². The number of imide groups is 1. The lowest BCUT2D eigenvalue weighted by atomic mass is 9.85. The van der Waals surface area contributed by atoms with Crippen LogP contribution in [0.3, 0.4) is 0 Å². The summed E-state index contributed by atoms with van der Waals surface area (Å²) in [6.07, 6.45) is 7.60. The lowest BCUT2D eigenvalue weighted by Crippen LogP contribution is -2.44. The van der Waals surface area contributed by atoms with Gasteiger partial charge in [0, 0.05) is 26.2 Å². The Morgan fingerprint density at radius 1 is 1.23 bits per heavy atom. The zero-order chi connectivity index (χ0) is 15.3. The summed E-state index contributed by atoms with van der Waals surface area (Å²) in [5, 5.41) is 6.48. The second-order valence-electron chi connectivity index (χ2n) is 6.75. The fourth-order valence-corrected chi connectivity index (χ4v) is 4.09. The molecule has 1 aliphatic heterocycles. The third kappa shape index (κ3) is 2.12. The minimum atomic E-state index is -0.0913.